The number of nitrogens with one attached hydrogen (secondary N) is 2. The van der Waals surface area contributed by atoms with Gasteiger partial charge in [0.2, 0.25) is 5.91 Å². The van der Waals surface area contributed by atoms with E-state index in [9.17, 15) is 9.59 Å². The third kappa shape index (κ3) is 7.32. The van der Waals surface area contributed by atoms with Gasteiger partial charge in [-0.25, -0.2) is 9.97 Å². The second-order valence-electron chi connectivity index (χ2n) is 11.4. The van der Waals surface area contributed by atoms with Crippen molar-refractivity contribution in [2.75, 3.05) is 41.7 Å². The van der Waals surface area contributed by atoms with E-state index in [4.69, 9.17) is 10.7 Å². The van der Waals surface area contributed by atoms with Gasteiger partial charge in [-0.15, -0.1) is 0 Å². The van der Waals surface area contributed by atoms with E-state index in [1.54, 1.807) is 6.20 Å². The van der Waals surface area contributed by atoms with Gasteiger partial charge < -0.3 is 26.2 Å². The first-order chi connectivity index (χ1) is 19.5. The number of aromatic nitrogens is 2. The lowest BCUT2D eigenvalue weighted by atomic mass is 9.88. The minimum absolute atomic E-state index is 0.0585. The van der Waals surface area contributed by atoms with Gasteiger partial charge in [-0.2, -0.15) is 0 Å². The number of nitrogens with two attached hydrogens (primary N) is 1. The van der Waals surface area contributed by atoms with Gasteiger partial charge in [-0.3, -0.25) is 9.59 Å². The molecule has 3 fully saturated rings. The van der Waals surface area contributed by atoms with Crippen molar-refractivity contribution in [2.24, 2.45) is 5.73 Å². The van der Waals surface area contributed by atoms with E-state index in [-0.39, 0.29) is 17.6 Å². The summed E-state index contributed by atoms with van der Waals surface area (Å²) < 4.78 is 0. The van der Waals surface area contributed by atoms with Crippen LogP contribution < -0.4 is 21.3 Å². The Morgan fingerprint density at radius 1 is 1.00 bits per heavy atom. The van der Waals surface area contributed by atoms with E-state index in [0.29, 0.717) is 30.5 Å². The molecule has 3 heterocycles. The zero-order valence-electron chi connectivity index (χ0n) is 23.3. The average molecular weight is 613 g/mol. The molecule has 1 atom stereocenters. The number of carbonyl (C=O) groups excluding carboxylic acids is 2. The van der Waals surface area contributed by atoms with Gasteiger partial charge in [0.05, 0.1) is 6.20 Å². The molecule has 5 rings (SSSR count). The highest BCUT2D eigenvalue weighted by molar-refractivity contribution is 9.09. The Bertz CT molecular complexity index is 1150. The summed E-state index contributed by atoms with van der Waals surface area (Å²) >= 11 is 3.38. The largest absolute Gasteiger partial charge is 0.364 e. The van der Waals surface area contributed by atoms with Gasteiger partial charge in [0.25, 0.3) is 5.91 Å². The number of rotatable bonds is 10. The molecule has 1 aliphatic carbocycles. The minimum Gasteiger partial charge on any atom is -0.364 e. The summed E-state index contributed by atoms with van der Waals surface area (Å²) in [5.74, 6) is 1.06. The van der Waals surface area contributed by atoms with E-state index >= 15 is 0 Å². The molecule has 40 heavy (non-hydrogen) atoms. The minimum atomic E-state index is -0.622. The Hall–Kier alpha value is -2.72. The molecule has 0 bridgehead atoms. The Balaban J connectivity index is 1.22. The first kappa shape index (κ1) is 28.8. The van der Waals surface area contributed by atoms with Gasteiger partial charge in [0.15, 0.2) is 11.5 Å². The highest BCUT2D eigenvalue weighted by Gasteiger charge is 2.28. The molecule has 1 saturated carbocycles. The Morgan fingerprint density at radius 2 is 1.75 bits per heavy atom. The topological polar surface area (TPSA) is 116 Å². The SMILES string of the molecule is NC(=O)c1ncc(N2CCCC(NC(=O)CCCBr)C2)nc1Nc1ccc(C2CCN(C3CCCC3)CC2)cc1. The van der Waals surface area contributed by atoms with Crippen molar-refractivity contribution in [2.45, 2.75) is 82.2 Å². The van der Waals surface area contributed by atoms with E-state index in [1.165, 1.54) is 57.2 Å². The Kier molecular flexibility index (Phi) is 9.91. The number of likely N-dealkylation sites (tertiary alicyclic amines) is 1. The molecular weight excluding hydrogens is 570 g/mol. The van der Waals surface area contributed by atoms with Gasteiger partial charge in [-0.05, 0) is 81.6 Å². The number of primary amides is 1. The van der Waals surface area contributed by atoms with Crippen molar-refractivity contribution in [3.8, 4) is 0 Å². The lowest BCUT2D eigenvalue weighted by molar-refractivity contribution is -0.121. The molecule has 2 saturated heterocycles. The van der Waals surface area contributed by atoms with Crippen LogP contribution in [0.5, 0.6) is 0 Å². The van der Waals surface area contributed by atoms with Gasteiger partial charge >= 0.3 is 0 Å². The molecular formula is C30H42BrN7O2. The van der Waals surface area contributed by atoms with Gasteiger partial charge in [0, 0.05) is 42.6 Å². The summed E-state index contributed by atoms with van der Waals surface area (Å²) in [5, 5.41) is 7.25. The van der Waals surface area contributed by atoms with Crippen LogP contribution in [-0.4, -0.2) is 70.3 Å². The van der Waals surface area contributed by atoms with E-state index in [0.717, 1.165) is 42.9 Å². The van der Waals surface area contributed by atoms with Crippen molar-refractivity contribution in [1.29, 1.82) is 0 Å². The molecule has 10 heteroatoms. The molecule has 1 aromatic carbocycles. The van der Waals surface area contributed by atoms with Crippen LogP contribution in [0.15, 0.2) is 30.5 Å². The van der Waals surface area contributed by atoms with Crippen LogP contribution in [0, 0.1) is 0 Å². The first-order valence-corrected chi connectivity index (χ1v) is 16.0. The monoisotopic (exact) mass is 611 g/mol. The molecule has 1 unspecified atom stereocenters. The number of amides is 2. The van der Waals surface area contributed by atoms with Crippen molar-refractivity contribution in [1.82, 2.24) is 20.2 Å². The summed E-state index contributed by atoms with van der Waals surface area (Å²) in [6.45, 7) is 3.85. The molecule has 9 nitrogen and oxygen atoms in total. The maximum absolute atomic E-state index is 12.2. The van der Waals surface area contributed by atoms with Crippen molar-refractivity contribution in [3.63, 3.8) is 0 Å². The van der Waals surface area contributed by atoms with Crippen LogP contribution >= 0.6 is 15.9 Å². The lowest BCUT2D eigenvalue weighted by Crippen LogP contribution is -2.48. The number of carbonyl (C=O) groups is 2. The quantitative estimate of drug-likeness (QED) is 0.333. The van der Waals surface area contributed by atoms with Crippen molar-refractivity contribution >= 4 is 45.1 Å². The standard InChI is InChI=1S/C30H42BrN7O2/c31-15-3-8-27(39)34-24-5-4-16-38(20-24)26-19-33-28(29(32)40)30(36-26)35-23-11-9-21(10-12-23)22-13-17-37(18-14-22)25-6-1-2-7-25/h9-12,19,22,24-25H,1-8,13-18,20H2,(H2,32,40)(H,34,39)(H,35,36). The summed E-state index contributed by atoms with van der Waals surface area (Å²) in [6.07, 6.45) is 12.7. The zero-order valence-corrected chi connectivity index (χ0v) is 24.9. The number of anilines is 3. The lowest BCUT2D eigenvalue weighted by Gasteiger charge is -2.36. The fourth-order valence-electron chi connectivity index (χ4n) is 6.47. The summed E-state index contributed by atoms with van der Waals surface area (Å²) in [5.41, 5.74) is 7.97. The number of piperidine rings is 2. The highest BCUT2D eigenvalue weighted by atomic mass is 79.9. The Morgan fingerprint density at radius 3 is 2.45 bits per heavy atom. The third-order valence-electron chi connectivity index (χ3n) is 8.66. The summed E-state index contributed by atoms with van der Waals surface area (Å²) in [7, 11) is 0. The third-order valence-corrected chi connectivity index (χ3v) is 9.22. The number of alkyl halides is 1. The van der Waals surface area contributed by atoms with Crippen LogP contribution in [0.25, 0.3) is 0 Å². The van der Waals surface area contributed by atoms with E-state index < -0.39 is 5.91 Å². The Labute approximate surface area is 245 Å². The first-order valence-electron chi connectivity index (χ1n) is 14.9. The molecule has 216 valence electrons. The highest BCUT2D eigenvalue weighted by Crippen LogP contribution is 2.33. The molecule has 2 aliphatic heterocycles. The van der Waals surface area contributed by atoms with Crippen molar-refractivity contribution in [3.05, 3.63) is 41.7 Å². The van der Waals surface area contributed by atoms with Crippen molar-refractivity contribution < 1.29 is 9.59 Å². The maximum Gasteiger partial charge on any atom is 0.271 e. The molecule has 2 amide bonds. The predicted molar refractivity (Wildman–Crippen MR) is 162 cm³/mol. The predicted octanol–water partition coefficient (Wildman–Crippen LogP) is 4.70. The molecule has 4 N–H and O–H groups in total. The zero-order chi connectivity index (χ0) is 27.9. The smallest absolute Gasteiger partial charge is 0.271 e. The van der Waals surface area contributed by atoms with E-state index in [1.807, 2.05) is 0 Å². The normalized spacial score (nSPS) is 20.9. The summed E-state index contributed by atoms with van der Waals surface area (Å²) in [6, 6.07) is 9.35. The molecule has 3 aliphatic rings. The number of hydrogen-bond donors (Lipinski definition) is 3. The number of nitrogens with zero attached hydrogens (tertiary/aromatic N) is 4. The number of halogens is 1. The average Bonchev–Trinajstić information content (AvgIpc) is 3.52. The fraction of sp³-hybridized carbons (Fsp3) is 0.600. The molecule has 1 aromatic heterocycles. The van der Waals surface area contributed by atoms with Crippen LogP contribution in [0.3, 0.4) is 0 Å². The second-order valence-corrected chi connectivity index (χ2v) is 12.2. The maximum atomic E-state index is 12.2. The van der Waals surface area contributed by atoms with E-state index in [2.05, 4.69) is 65.6 Å². The van der Waals surface area contributed by atoms with Crippen LogP contribution in [-0.2, 0) is 4.79 Å². The molecule has 0 radical (unpaired) electrons. The molecule has 2 aromatic rings. The van der Waals surface area contributed by atoms with Crippen LogP contribution in [0.2, 0.25) is 0 Å². The number of benzene rings is 1. The fourth-order valence-corrected chi connectivity index (χ4v) is 6.75. The van der Waals surface area contributed by atoms with Gasteiger partial charge in [0.1, 0.15) is 5.82 Å². The molecule has 0 spiro atoms. The number of hydrogen-bond acceptors (Lipinski definition) is 7. The van der Waals surface area contributed by atoms with Crippen LogP contribution in [0.1, 0.15) is 86.2 Å². The van der Waals surface area contributed by atoms with Crippen LogP contribution in [0.4, 0.5) is 17.3 Å². The second kappa shape index (κ2) is 13.8. The summed E-state index contributed by atoms with van der Waals surface area (Å²) in [4.78, 5) is 38.3. The van der Waals surface area contributed by atoms with Gasteiger partial charge in [-0.1, -0.05) is 40.9 Å².